The minimum atomic E-state index is -0.421. The highest BCUT2D eigenvalue weighted by Gasteiger charge is 2.27. The summed E-state index contributed by atoms with van der Waals surface area (Å²) >= 11 is 1.35. The summed E-state index contributed by atoms with van der Waals surface area (Å²) in [6.07, 6.45) is 1.71. The quantitative estimate of drug-likeness (QED) is 0.697. The fourth-order valence-electron chi connectivity index (χ4n) is 3.69. The highest BCUT2D eigenvalue weighted by Crippen LogP contribution is 2.32. The molecule has 29 heavy (non-hydrogen) atoms. The molecule has 1 saturated heterocycles. The zero-order valence-electron chi connectivity index (χ0n) is 17.8. The molecule has 0 unspecified atom stereocenters. The third-order valence-corrected chi connectivity index (χ3v) is 6.30. The van der Waals surface area contributed by atoms with Crippen molar-refractivity contribution in [1.29, 1.82) is 0 Å². The zero-order valence-corrected chi connectivity index (χ0v) is 18.6. The van der Waals surface area contributed by atoms with E-state index in [-0.39, 0.29) is 35.3 Å². The Balaban J connectivity index is 2.01. The van der Waals surface area contributed by atoms with E-state index in [2.05, 4.69) is 4.98 Å². The highest BCUT2D eigenvalue weighted by atomic mass is 32.2. The van der Waals surface area contributed by atoms with Gasteiger partial charge in [0, 0.05) is 38.3 Å². The van der Waals surface area contributed by atoms with E-state index in [1.807, 2.05) is 32.6 Å². The van der Waals surface area contributed by atoms with E-state index in [9.17, 15) is 14.4 Å². The lowest BCUT2D eigenvalue weighted by Gasteiger charge is -2.35. The number of aryl methyl sites for hydroxylation is 1. The molecule has 8 nitrogen and oxygen atoms in total. The van der Waals surface area contributed by atoms with Crippen molar-refractivity contribution in [3.8, 4) is 0 Å². The summed E-state index contributed by atoms with van der Waals surface area (Å²) < 4.78 is 8.17. The van der Waals surface area contributed by atoms with Crippen LogP contribution in [0.25, 0.3) is 11.0 Å². The monoisotopic (exact) mass is 420 g/mol. The number of thioether (sulfide) groups is 1. The Hall–Kier alpha value is -2.13. The van der Waals surface area contributed by atoms with E-state index >= 15 is 0 Å². The van der Waals surface area contributed by atoms with E-state index in [1.165, 1.54) is 23.4 Å². The average Bonchev–Trinajstić information content (AvgIpc) is 2.67. The van der Waals surface area contributed by atoms with E-state index in [4.69, 9.17) is 4.74 Å². The van der Waals surface area contributed by atoms with Gasteiger partial charge in [0.2, 0.25) is 5.91 Å². The second kappa shape index (κ2) is 8.31. The lowest BCUT2D eigenvalue weighted by atomic mass is 10.0. The van der Waals surface area contributed by atoms with Crippen LogP contribution < -0.4 is 11.2 Å². The summed E-state index contributed by atoms with van der Waals surface area (Å²) in [5.74, 6) is 0.345. The van der Waals surface area contributed by atoms with Gasteiger partial charge in [-0.2, -0.15) is 0 Å². The van der Waals surface area contributed by atoms with Crippen molar-refractivity contribution in [3.63, 3.8) is 0 Å². The summed E-state index contributed by atoms with van der Waals surface area (Å²) in [7, 11) is 3.06. The molecule has 1 fully saturated rings. The van der Waals surface area contributed by atoms with Gasteiger partial charge in [0.1, 0.15) is 5.65 Å². The first kappa shape index (κ1) is 21.6. The molecule has 3 heterocycles. The van der Waals surface area contributed by atoms with Crippen molar-refractivity contribution in [2.24, 2.45) is 14.1 Å². The summed E-state index contributed by atoms with van der Waals surface area (Å²) in [4.78, 5) is 45.0. The molecule has 9 heteroatoms. The molecule has 0 bridgehead atoms. The minimum Gasteiger partial charge on any atom is -0.372 e. The SMILES string of the molecule is CC(C)c1cnc2c(c1SCC(=O)N1C[C@@H](C)O[C@@H](C)C1)c(=O)n(C)c(=O)n2C. The number of aromatic nitrogens is 3. The van der Waals surface area contributed by atoms with Crippen LogP contribution in [0.4, 0.5) is 0 Å². The highest BCUT2D eigenvalue weighted by molar-refractivity contribution is 8.00. The molecule has 1 aliphatic heterocycles. The smallest absolute Gasteiger partial charge is 0.332 e. The molecule has 1 amide bonds. The van der Waals surface area contributed by atoms with Crippen molar-refractivity contribution in [2.45, 2.75) is 50.7 Å². The summed E-state index contributed by atoms with van der Waals surface area (Å²) in [6, 6.07) is 0. The fourth-order valence-corrected chi connectivity index (χ4v) is 4.92. The van der Waals surface area contributed by atoms with Gasteiger partial charge in [0.05, 0.1) is 23.3 Å². The van der Waals surface area contributed by atoms with Crippen molar-refractivity contribution in [2.75, 3.05) is 18.8 Å². The fraction of sp³-hybridized carbons (Fsp3) is 0.600. The third-order valence-electron chi connectivity index (χ3n) is 5.18. The minimum absolute atomic E-state index is 0.00231. The van der Waals surface area contributed by atoms with Crippen LogP contribution >= 0.6 is 11.8 Å². The van der Waals surface area contributed by atoms with Gasteiger partial charge < -0.3 is 9.64 Å². The molecule has 2 aromatic heterocycles. The molecule has 2 atom stereocenters. The van der Waals surface area contributed by atoms with Crippen LogP contribution in [0, 0.1) is 0 Å². The third kappa shape index (κ3) is 4.11. The van der Waals surface area contributed by atoms with Gasteiger partial charge in [0.25, 0.3) is 5.56 Å². The van der Waals surface area contributed by atoms with Crippen LogP contribution in [0.2, 0.25) is 0 Å². The van der Waals surface area contributed by atoms with Gasteiger partial charge in [-0.1, -0.05) is 13.8 Å². The molecule has 0 aliphatic carbocycles. The van der Waals surface area contributed by atoms with Crippen LogP contribution in [-0.2, 0) is 23.6 Å². The first-order valence-electron chi connectivity index (χ1n) is 9.76. The molecule has 0 spiro atoms. The number of pyridine rings is 1. The molecule has 0 radical (unpaired) electrons. The number of ether oxygens (including phenoxy) is 1. The Labute approximate surface area is 173 Å². The first-order chi connectivity index (χ1) is 13.6. The van der Waals surface area contributed by atoms with Gasteiger partial charge in [-0.05, 0) is 25.3 Å². The molecular weight excluding hydrogens is 392 g/mol. The summed E-state index contributed by atoms with van der Waals surface area (Å²) in [6.45, 7) is 9.09. The van der Waals surface area contributed by atoms with Gasteiger partial charge in [-0.3, -0.25) is 18.7 Å². The summed E-state index contributed by atoms with van der Waals surface area (Å²) in [5.41, 5.74) is 0.429. The molecule has 0 aromatic carbocycles. The predicted octanol–water partition coefficient (Wildman–Crippen LogP) is 1.48. The Morgan fingerprint density at radius 3 is 2.41 bits per heavy atom. The van der Waals surface area contributed by atoms with E-state index in [1.54, 1.807) is 13.2 Å². The van der Waals surface area contributed by atoms with Gasteiger partial charge >= 0.3 is 5.69 Å². The lowest BCUT2D eigenvalue weighted by Crippen LogP contribution is -2.48. The number of carbonyl (C=O) groups excluding carboxylic acids is 1. The van der Waals surface area contributed by atoms with Gasteiger partial charge in [-0.25, -0.2) is 9.78 Å². The number of morpholine rings is 1. The number of carbonyl (C=O) groups is 1. The number of hydrogen-bond donors (Lipinski definition) is 0. The first-order valence-corrected chi connectivity index (χ1v) is 10.7. The Morgan fingerprint density at radius 1 is 1.21 bits per heavy atom. The summed E-state index contributed by atoms with van der Waals surface area (Å²) in [5, 5.41) is 0.391. The van der Waals surface area contributed by atoms with Crippen molar-refractivity contribution >= 4 is 28.7 Å². The maximum atomic E-state index is 12.9. The van der Waals surface area contributed by atoms with Crippen LogP contribution in [0.1, 0.15) is 39.2 Å². The molecule has 0 saturated carbocycles. The average molecular weight is 421 g/mol. The molecule has 1 aliphatic rings. The van der Waals surface area contributed by atoms with Gasteiger partial charge in [0.15, 0.2) is 0 Å². The van der Waals surface area contributed by atoms with Crippen LogP contribution in [-0.4, -0.2) is 56.0 Å². The van der Waals surface area contributed by atoms with E-state index in [0.717, 1.165) is 15.0 Å². The Kier molecular flexibility index (Phi) is 6.19. The second-order valence-electron chi connectivity index (χ2n) is 7.95. The van der Waals surface area contributed by atoms with Crippen LogP contribution in [0.5, 0.6) is 0 Å². The topological polar surface area (TPSA) is 86.4 Å². The Bertz CT molecular complexity index is 1050. The molecule has 3 rings (SSSR count). The number of rotatable bonds is 4. The zero-order chi connectivity index (χ0) is 21.5. The van der Waals surface area contributed by atoms with Crippen LogP contribution in [0.3, 0.4) is 0 Å². The number of fused-ring (bicyclic) bond motifs is 1. The van der Waals surface area contributed by atoms with Crippen LogP contribution in [0.15, 0.2) is 20.7 Å². The van der Waals surface area contributed by atoms with Crippen molar-refractivity contribution in [1.82, 2.24) is 19.0 Å². The number of hydrogen-bond acceptors (Lipinski definition) is 6. The largest absolute Gasteiger partial charge is 0.372 e. The molecule has 0 N–H and O–H groups in total. The number of nitrogens with zero attached hydrogens (tertiary/aromatic N) is 4. The molecule has 2 aromatic rings. The molecule has 158 valence electrons. The Morgan fingerprint density at radius 2 is 1.83 bits per heavy atom. The van der Waals surface area contributed by atoms with Gasteiger partial charge in [-0.15, -0.1) is 11.8 Å². The standard InChI is InChI=1S/C20H28N4O4S/c1-11(2)14-7-21-18-16(19(26)23(6)20(27)22(18)5)17(14)29-10-15(25)24-8-12(3)28-13(4)9-24/h7,11-13H,8-10H2,1-6H3/t12-,13+. The van der Waals surface area contributed by atoms with E-state index < -0.39 is 5.69 Å². The van der Waals surface area contributed by atoms with Crippen molar-refractivity contribution in [3.05, 3.63) is 32.6 Å². The van der Waals surface area contributed by atoms with Crippen molar-refractivity contribution < 1.29 is 9.53 Å². The maximum Gasteiger partial charge on any atom is 0.332 e. The second-order valence-corrected chi connectivity index (χ2v) is 8.93. The normalized spacial score (nSPS) is 19.9. The lowest BCUT2D eigenvalue weighted by molar-refractivity contribution is -0.140. The predicted molar refractivity (Wildman–Crippen MR) is 114 cm³/mol. The number of amides is 1. The maximum absolute atomic E-state index is 12.9. The van der Waals surface area contributed by atoms with E-state index in [0.29, 0.717) is 24.1 Å². The molecular formula is C20H28N4O4S.